The largest absolute Gasteiger partial charge is 0.321 e. The van der Waals surface area contributed by atoms with Crippen molar-refractivity contribution >= 4 is 17.6 Å². The lowest BCUT2D eigenvalue weighted by atomic mass is 9.85. The Morgan fingerprint density at radius 1 is 1.35 bits per heavy atom. The summed E-state index contributed by atoms with van der Waals surface area (Å²) in [5, 5.41) is 0.889. The van der Waals surface area contributed by atoms with Crippen LogP contribution in [-0.4, -0.2) is 35.7 Å². The maximum Gasteiger partial charge on any atom is 0.255 e. The average Bonchev–Trinajstić information content (AvgIpc) is 2.48. The summed E-state index contributed by atoms with van der Waals surface area (Å²) in [6.07, 6.45) is 0. The van der Waals surface area contributed by atoms with Crippen LogP contribution in [0.15, 0.2) is 0 Å². The normalized spacial score (nSPS) is 26.8. The van der Waals surface area contributed by atoms with Crippen molar-refractivity contribution in [1.29, 1.82) is 0 Å². The predicted octanol–water partition coefficient (Wildman–Crippen LogP) is -0.706. The highest BCUT2D eigenvalue weighted by molar-refractivity contribution is 6.16. The van der Waals surface area contributed by atoms with E-state index in [0.717, 1.165) is 5.01 Å². The molecule has 1 aliphatic rings. The highest BCUT2D eigenvalue weighted by Gasteiger charge is 2.49. The van der Waals surface area contributed by atoms with Crippen LogP contribution in [0, 0.1) is 17.8 Å². The van der Waals surface area contributed by atoms with Crippen molar-refractivity contribution in [2.24, 2.45) is 23.5 Å². The summed E-state index contributed by atoms with van der Waals surface area (Å²) in [5.74, 6) is -2.90. The van der Waals surface area contributed by atoms with Gasteiger partial charge in [-0.15, -0.1) is 0 Å². The second kappa shape index (κ2) is 4.93. The summed E-state index contributed by atoms with van der Waals surface area (Å²) >= 11 is 0. The maximum atomic E-state index is 12.1. The van der Waals surface area contributed by atoms with Crippen molar-refractivity contribution in [2.45, 2.75) is 26.8 Å². The fourth-order valence-corrected chi connectivity index (χ4v) is 1.93. The number of ketones is 1. The number of imide groups is 1. The zero-order chi connectivity index (χ0) is 13.3. The Hall–Kier alpha value is -1.27. The molecular formula is C11H19N3O3. The van der Waals surface area contributed by atoms with Crippen molar-refractivity contribution in [1.82, 2.24) is 10.4 Å². The Balaban J connectivity index is 2.96. The van der Waals surface area contributed by atoms with E-state index in [4.69, 9.17) is 5.73 Å². The lowest BCUT2D eigenvalue weighted by Crippen LogP contribution is -2.45. The van der Waals surface area contributed by atoms with Gasteiger partial charge >= 0.3 is 0 Å². The second-order valence-corrected chi connectivity index (χ2v) is 4.67. The number of rotatable bonds is 4. The molecule has 17 heavy (non-hydrogen) atoms. The summed E-state index contributed by atoms with van der Waals surface area (Å²) in [7, 11) is 1.47. The molecule has 1 saturated heterocycles. The number of hydrogen-bond donors (Lipinski definition) is 2. The van der Waals surface area contributed by atoms with Crippen LogP contribution in [0.4, 0.5) is 0 Å². The van der Waals surface area contributed by atoms with Gasteiger partial charge in [-0.3, -0.25) is 14.4 Å². The first-order valence-corrected chi connectivity index (χ1v) is 5.67. The molecule has 0 aliphatic carbocycles. The summed E-state index contributed by atoms with van der Waals surface area (Å²) in [6, 6.07) is -0.712. The Bertz CT molecular complexity index is 354. The monoisotopic (exact) mass is 241 g/mol. The molecule has 0 bridgehead atoms. The Labute approximate surface area is 100 Å². The third-order valence-electron chi connectivity index (χ3n) is 3.17. The number of nitrogens with one attached hydrogen (secondary N) is 1. The lowest BCUT2D eigenvalue weighted by Gasteiger charge is -2.19. The summed E-state index contributed by atoms with van der Waals surface area (Å²) in [6.45, 7) is 5.20. The van der Waals surface area contributed by atoms with E-state index in [-0.39, 0.29) is 17.6 Å². The Kier molecular flexibility index (Phi) is 4.00. The number of hydrazine groups is 1. The van der Waals surface area contributed by atoms with Crippen LogP contribution < -0.4 is 11.2 Å². The van der Waals surface area contributed by atoms with Gasteiger partial charge in [-0.1, -0.05) is 20.8 Å². The van der Waals surface area contributed by atoms with Gasteiger partial charge < -0.3 is 5.73 Å². The number of carbonyl (C=O) groups excluding carboxylic acids is 3. The van der Waals surface area contributed by atoms with Gasteiger partial charge in [-0.05, 0) is 5.92 Å². The molecule has 0 spiro atoms. The molecule has 0 saturated carbocycles. The third kappa shape index (κ3) is 2.23. The summed E-state index contributed by atoms with van der Waals surface area (Å²) < 4.78 is 0. The van der Waals surface area contributed by atoms with E-state index in [1.807, 2.05) is 13.8 Å². The van der Waals surface area contributed by atoms with E-state index in [9.17, 15) is 14.4 Å². The van der Waals surface area contributed by atoms with E-state index in [1.165, 1.54) is 7.05 Å². The van der Waals surface area contributed by atoms with Crippen molar-refractivity contribution in [3.63, 3.8) is 0 Å². The fraction of sp³-hybridized carbons (Fsp3) is 0.727. The first kappa shape index (κ1) is 13.8. The average molecular weight is 241 g/mol. The first-order chi connectivity index (χ1) is 7.82. The van der Waals surface area contributed by atoms with E-state index in [2.05, 4.69) is 5.43 Å². The minimum absolute atomic E-state index is 0.0544. The molecule has 0 unspecified atom stereocenters. The Morgan fingerprint density at radius 2 is 1.88 bits per heavy atom. The van der Waals surface area contributed by atoms with Gasteiger partial charge in [0.05, 0.1) is 12.0 Å². The van der Waals surface area contributed by atoms with E-state index in [1.54, 1.807) is 6.92 Å². The number of hydrogen-bond acceptors (Lipinski definition) is 5. The van der Waals surface area contributed by atoms with E-state index >= 15 is 0 Å². The van der Waals surface area contributed by atoms with Gasteiger partial charge in [0.2, 0.25) is 5.91 Å². The third-order valence-corrected chi connectivity index (χ3v) is 3.17. The molecule has 0 aromatic carbocycles. The zero-order valence-corrected chi connectivity index (χ0v) is 10.6. The molecule has 1 aliphatic heterocycles. The molecule has 3 N–H and O–H groups in total. The molecule has 3 atom stereocenters. The van der Waals surface area contributed by atoms with Crippen LogP contribution in [0.2, 0.25) is 0 Å². The summed E-state index contributed by atoms with van der Waals surface area (Å²) in [4.78, 5) is 35.7. The number of carbonyl (C=O) groups is 3. The molecule has 2 amide bonds. The van der Waals surface area contributed by atoms with Gasteiger partial charge in [0.25, 0.3) is 5.91 Å². The van der Waals surface area contributed by atoms with Crippen LogP contribution in [-0.2, 0) is 14.4 Å². The molecule has 0 aromatic rings. The molecule has 96 valence electrons. The van der Waals surface area contributed by atoms with Crippen LogP contribution in [0.25, 0.3) is 0 Å². The number of amides is 2. The maximum absolute atomic E-state index is 12.1. The lowest BCUT2D eigenvalue weighted by molar-refractivity contribution is -0.143. The van der Waals surface area contributed by atoms with E-state index < -0.39 is 23.8 Å². The number of nitrogens with zero attached hydrogens (tertiary/aromatic N) is 1. The number of Topliss-reactive ketones (excluding diaryl/α,β-unsaturated/α-hetero) is 1. The van der Waals surface area contributed by atoms with Gasteiger partial charge in [-0.25, -0.2) is 10.4 Å². The summed E-state index contributed by atoms with van der Waals surface area (Å²) in [5.41, 5.74) is 8.23. The standard InChI is InChI=1S/C11H19N3O3/c1-5(2)8(12)9(15)7-6(3)10(16)14(13-4)11(7)17/h5-8,13H,12H2,1-4H3/t6-,7+,8-/m0/s1. The highest BCUT2D eigenvalue weighted by Crippen LogP contribution is 2.27. The van der Waals surface area contributed by atoms with Crippen molar-refractivity contribution < 1.29 is 14.4 Å². The molecular weight excluding hydrogens is 222 g/mol. The predicted molar refractivity (Wildman–Crippen MR) is 61.4 cm³/mol. The van der Waals surface area contributed by atoms with Crippen LogP contribution in [0.1, 0.15) is 20.8 Å². The van der Waals surface area contributed by atoms with Crippen molar-refractivity contribution in [3.8, 4) is 0 Å². The van der Waals surface area contributed by atoms with E-state index in [0.29, 0.717) is 0 Å². The van der Waals surface area contributed by atoms with Crippen LogP contribution in [0.5, 0.6) is 0 Å². The zero-order valence-electron chi connectivity index (χ0n) is 10.6. The molecule has 6 heteroatoms. The van der Waals surface area contributed by atoms with Gasteiger partial charge in [0.1, 0.15) is 5.92 Å². The van der Waals surface area contributed by atoms with Crippen LogP contribution in [0.3, 0.4) is 0 Å². The highest BCUT2D eigenvalue weighted by atomic mass is 16.2. The van der Waals surface area contributed by atoms with Crippen molar-refractivity contribution in [2.75, 3.05) is 7.05 Å². The van der Waals surface area contributed by atoms with Gasteiger partial charge in [-0.2, -0.15) is 0 Å². The SMILES string of the molecule is CNN1C(=O)[C@@H](C(=O)[C@@H](N)C(C)C)[C@H](C)C1=O. The first-order valence-electron chi connectivity index (χ1n) is 5.67. The Morgan fingerprint density at radius 3 is 2.24 bits per heavy atom. The van der Waals surface area contributed by atoms with Crippen LogP contribution >= 0.6 is 0 Å². The van der Waals surface area contributed by atoms with Crippen molar-refractivity contribution in [3.05, 3.63) is 0 Å². The smallest absolute Gasteiger partial charge is 0.255 e. The molecule has 1 fully saturated rings. The number of nitrogens with two attached hydrogens (primary N) is 1. The quantitative estimate of drug-likeness (QED) is 0.501. The van der Waals surface area contributed by atoms with Gasteiger partial charge in [0, 0.05) is 7.05 Å². The molecule has 1 rings (SSSR count). The molecule has 6 nitrogen and oxygen atoms in total. The van der Waals surface area contributed by atoms with Gasteiger partial charge in [0.15, 0.2) is 5.78 Å². The minimum Gasteiger partial charge on any atom is -0.321 e. The fourth-order valence-electron chi connectivity index (χ4n) is 1.93. The topological polar surface area (TPSA) is 92.5 Å². The molecule has 0 aromatic heterocycles. The minimum atomic E-state index is -0.952. The second-order valence-electron chi connectivity index (χ2n) is 4.67. The molecule has 1 heterocycles. The molecule has 0 radical (unpaired) electrons.